The number of nitrogens with zero attached hydrogens (tertiary/aromatic N) is 4. The molecule has 2 aromatic carbocycles. The molecule has 16 nitrogen and oxygen atoms in total. The number of hydrogen-bond acceptors (Lipinski definition) is 14. The first-order valence-corrected chi connectivity index (χ1v) is 13.9. The fraction of sp³-hybridized carbons (Fsp3) is 0.500. The standard InChI is InChI=1S/C28H36N4O12/c33-19-23-15-25(31(37)38)13-21(27(23)35)17-29-1-5-41-9-10-43-7-3-30(4-8-44-12-11-42-6-2-29)18-22-14-26(32(39)40)16-24(20-34)28(22)36/h13-16,19-20,35-36H,1-12,17-18H2. The molecule has 0 amide bonds. The highest BCUT2D eigenvalue weighted by molar-refractivity contribution is 5.82. The molecule has 2 N–H and O–H groups in total. The van der Waals surface area contributed by atoms with Crippen LogP contribution in [0.15, 0.2) is 24.3 Å². The molecule has 0 unspecified atom stereocenters. The van der Waals surface area contributed by atoms with Crippen molar-refractivity contribution in [1.29, 1.82) is 0 Å². The van der Waals surface area contributed by atoms with Crippen molar-refractivity contribution in [3.63, 3.8) is 0 Å². The maximum Gasteiger partial charge on any atom is 0.270 e. The van der Waals surface area contributed by atoms with Gasteiger partial charge in [0.25, 0.3) is 11.4 Å². The van der Waals surface area contributed by atoms with Crippen molar-refractivity contribution >= 4 is 23.9 Å². The Bertz CT molecular complexity index is 1170. The summed E-state index contributed by atoms with van der Waals surface area (Å²) < 4.78 is 22.7. The Labute approximate surface area is 253 Å². The average Bonchev–Trinajstić information content (AvgIpc) is 3.00. The Balaban J connectivity index is 1.59. The Morgan fingerprint density at radius 1 is 0.614 bits per heavy atom. The van der Waals surface area contributed by atoms with E-state index in [0.29, 0.717) is 65.2 Å². The van der Waals surface area contributed by atoms with Gasteiger partial charge in [0.2, 0.25) is 0 Å². The predicted molar refractivity (Wildman–Crippen MR) is 154 cm³/mol. The molecule has 0 spiro atoms. The van der Waals surface area contributed by atoms with Crippen molar-refractivity contribution in [2.75, 3.05) is 79.0 Å². The summed E-state index contributed by atoms with van der Waals surface area (Å²) in [6.45, 7) is 4.14. The molecule has 44 heavy (non-hydrogen) atoms. The lowest BCUT2D eigenvalue weighted by Gasteiger charge is -2.24. The van der Waals surface area contributed by atoms with Crippen molar-refractivity contribution in [1.82, 2.24) is 9.80 Å². The third-order valence-electron chi connectivity index (χ3n) is 6.82. The third-order valence-corrected chi connectivity index (χ3v) is 6.82. The van der Waals surface area contributed by atoms with E-state index in [-0.39, 0.29) is 84.6 Å². The van der Waals surface area contributed by atoms with E-state index in [9.17, 15) is 40.0 Å². The summed E-state index contributed by atoms with van der Waals surface area (Å²) in [5.41, 5.74) is -0.448. The van der Waals surface area contributed by atoms with E-state index in [2.05, 4.69) is 0 Å². The number of nitro groups is 2. The van der Waals surface area contributed by atoms with E-state index >= 15 is 0 Å². The van der Waals surface area contributed by atoms with Crippen LogP contribution < -0.4 is 0 Å². The highest BCUT2D eigenvalue weighted by Gasteiger charge is 2.20. The summed E-state index contributed by atoms with van der Waals surface area (Å²) in [6.07, 6.45) is 0.745. The molecule has 0 bridgehead atoms. The number of benzene rings is 2. The van der Waals surface area contributed by atoms with Crippen LogP contribution in [0.2, 0.25) is 0 Å². The highest BCUT2D eigenvalue weighted by atomic mass is 16.6. The summed E-state index contributed by atoms with van der Waals surface area (Å²) in [5, 5.41) is 43.5. The van der Waals surface area contributed by atoms with Crippen LogP contribution in [0.1, 0.15) is 31.8 Å². The molecule has 0 radical (unpaired) electrons. The molecule has 0 atom stereocenters. The summed E-state index contributed by atoms with van der Waals surface area (Å²) in [6, 6.07) is 4.53. The zero-order valence-electron chi connectivity index (χ0n) is 24.1. The Hall–Kier alpha value is -4.06. The smallest absolute Gasteiger partial charge is 0.270 e. The summed E-state index contributed by atoms with van der Waals surface area (Å²) in [5.74, 6) is -0.625. The van der Waals surface area contributed by atoms with E-state index < -0.39 is 9.85 Å². The Kier molecular flexibility index (Phi) is 14.0. The molecule has 240 valence electrons. The van der Waals surface area contributed by atoms with Gasteiger partial charge in [-0.1, -0.05) is 0 Å². The van der Waals surface area contributed by atoms with E-state index in [1.165, 1.54) is 12.1 Å². The molecule has 0 aromatic heterocycles. The molecule has 1 fully saturated rings. The zero-order chi connectivity index (χ0) is 31.9. The molecule has 0 saturated carbocycles. The van der Waals surface area contributed by atoms with Crippen molar-refractivity contribution in [3.05, 3.63) is 66.7 Å². The van der Waals surface area contributed by atoms with E-state index in [1.54, 1.807) is 0 Å². The Morgan fingerprint density at radius 3 is 1.20 bits per heavy atom. The number of hydrogen-bond donors (Lipinski definition) is 2. The first kappa shape index (κ1) is 34.4. The highest BCUT2D eigenvalue weighted by Crippen LogP contribution is 2.29. The number of aldehydes is 2. The van der Waals surface area contributed by atoms with Gasteiger partial charge in [0.1, 0.15) is 11.5 Å². The fourth-order valence-corrected chi connectivity index (χ4v) is 4.47. The second-order valence-electron chi connectivity index (χ2n) is 9.84. The number of carbonyl (C=O) groups is 2. The maximum atomic E-state index is 11.3. The molecule has 1 saturated heterocycles. The van der Waals surface area contributed by atoms with E-state index in [1.807, 2.05) is 9.80 Å². The maximum absolute atomic E-state index is 11.3. The monoisotopic (exact) mass is 620 g/mol. The minimum atomic E-state index is -0.623. The lowest BCUT2D eigenvalue weighted by atomic mass is 10.1. The van der Waals surface area contributed by atoms with Crippen LogP contribution in [0.3, 0.4) is 0 Å². The number of rotatable bonds is 8. The molecule has 1 aliphatic heterocycles. The van der Waals surface area contributed by atoms with E-state index in [0.717, 1.165) is 12.1 Å². The number of phenolic OH excluding ortho intramolecular Hbond substituents is 2. The molecule has 1 heterocycles. The zero-order valence-corrected chi connectivity index (χ0v) is 24.1. The first-order chi connectivity index (χ1) is 21.2. The van der Waals surface area contributed by atoms with Gasteiger partial charge in [-0.15, -0.1) is 0 Å². The summed E-state index contributed by atoms with van der Waals surface area (Å²) in [7, 11) is 0. The number of phenols is 2. The van der Waals surface area contributed by atoms with Crippen molar-refractivity contribution in [2.45, 2.75) is 13.1 Å². The molecule has 3 rings (SSSR count). The molecule has 2 aromatic rings. The summed E-state index contributed by atoms with van der Waals surface area (Å²) in [4.78, 5) is 47.8. The number of ether oxygens (including phenoxy) is 4. The molecule has 0 aliphatic carbocycles. The van der Waals surface area contributed by atoms with Crippen LogP contribution in [0.25, 0.3) is 0 Å². The van der Waals surface area contributed by atoms with Crippen LogP contribution >= 0.6 is 0 Å². The topological polar surface area (TPSA) is 204 Å². The molecule has 16 heteroatoms. The number of nitro benzene ring substituents is 2. The van der Waals surface area contributed by atoms with Gasteiger partial charge >= 0.3 is 0 Å². The van der Waals surface area contributed by atoms with Gasteiger partial charge in [-0.05, 0) is 0 Å². The van der Waals surface area contributed by atoms with Crippen molar-refractivity contribution in [2.24, 2.45) is 0 Å². The van der Waals surface area contributed by atoms with Gasteiger partial charge in [-0.3, -0.25) is 39.6 Å². The van der Waals surface area contributed by atoms with Gasteiger partial charge in [0.15, 0.2) is 12.6 Å². The van der Waals surface area contributed by atoms with Crippen LogP contribution in [0.4, 0.5) is 11.4 Å². The van der Waals surface area contributed by atoms with Crippen LogP contribution in [0, 0.1) is 20.2 Å². The van der Waals surface area contributed by atoms with Gasteiger partial charge in [-0.2, -0.15) is 0 Å². The van der Waals surface area contributed by atoms with Gasteiger partial charge < -0.3 is 29.2 Å². The average molecular weight is 621 g/mol. The molecular formula is C28H36N4O12. The third kappa shape index (κ3) is 10.6. The normalized spacial score (nSPS) is 17.3. The lowest BCUT2D eigenvalue weighted by molar-refractivity contribution is -0.385. The van der Waals surface area contributed by atoms with Crippen LogP contribution in [-0.4, -0.2) is 121 Å². The number of aromatic hydroxyl groups is 2. The molecule has 1 aliphatic rings. The van der Waals surface area contributed by atoms with Crippen molar-refractivity contribution < 1.29 is 48.6 Å². The Morgan fingerprint density at radius 2 is 0.932 bits per heavy atom. The quantitative estimate of drug-likeness (QED) is 0.246. The molecular weight excluding hydrogens is 584 g/mol. The second-order valence-corrected chi connectivity index (χ2v) is 9.84. The number of non-ortho nitro benzene ring substituents is 2. The summed E-state index contributed by atoms with van der Waals surface area (Å²) >= 11 is 0. The van der Waals surface area contributed by atoms with Crippen LogP contribution in [0.5, 0.6) is 11.5 Å². The largest absolute Gasteiger partial charge is 0.507 e. The fourth-order valence-electron chi connectivity index (χ4n) is 4.47. The minimum absolute atomic E-state index is 0.123. The number of carbonyl (C=O) groups excluding carboxylic acids is 2. The van der Waals surface area contributed by atoms with Crippen molar-refractivity contribution in [3.8, 4) is 11.5 Å². The van der Waals surface area contributed by atoms with Gasteiger partial charge in [0, 0.05) is 74.7 Å². The van der Waals surface area contributed by atoms with Gasteiger partial charge in [-0.25, -0.2) is 0 Å². The second kappa shape index (κ2) is 17.9. The van der Waals surface area contributed by atoms with E-state index in [4.69, 9.17) is 18.9 Å². The SMILES string of the molecule is O=Cc1cc([N+](=O)[O-])cc(CN2CCOCCOCCN(Cc3cc([N+](=O)[O-])cc(C=O)c3O)CCOCCOCC2)c1O. The lowest BCUT2D eigenvalue weighted by Crippen LogP contribution is -2.33. The minimum Gasteiger partial charge on any atom is -0.507 e. The first-order valence-electron chi connectivity index (χ1n) is 13.9. The predicted octanol–water partition coefficient (Wildman–Crippen LogP) is 1.92. The van der Waals surface area contributed by atoms with Gasteiger partial charge in [0.05, 0.1) is 73.8 Å². The van der Waals surface area contributed by atoms with Crippen LogP contribution in [-0.2, 0) is 32.0 Å².